The monoisotopic (exact) mass is 960 g/mol. The molecule has 3 N–H and O–H groups in total. The molecule has 3 aliphatic carbocycles. The molecular formula is C56H60N6O9. The van der Waals surface area contributed by atoms with Gasteiger partial charge in [0.15, 0.2) is 0 Å². The van der Waals surface area contributed by atoms with Crippen LogP contribution in [0.2, 0.25) is 0 Å². The lowest BCUT2D eigenvalue weighted by Gasteiger charge is -2.34. The van der Waals surface area contributed by atoms with E-state index in [0.29, 0.717) is 49.0 Å². The van der Waals surface area contributed by atoms with Crippen LogP contribution < -0.4 is 10.8 Å². The van der Waals surface area contributed by atoms with Gasteiger partial charge in [-0.1, -0.05) is 30.3 Å². The molecule has 3 aromatic carbocycles. The molecule has 71 heavy (non-hydrogen) atoms. The molecule has 15 heteroatoms. The summed E-state index contributed by atoms with van der Waals surface area (Å²) in [5.74, 6) is -0.494. The average molecular weight is 961 g/mol. The van der Waals surface area contributed by atoms with Crippen LogP contribution >= 0.6 is 0 Å². The number of pyridine rings is 2. The van der Waals surface area contributed by atoms with E-state index in [1.54, 1.807) is 23.9 Å². The van der Waals surface area contributed by atoms with Gasteiger partial charge >= 0.3 is 11.9 Å². The van der Waals surface area contributed by atoms with E-state index < -0.39 is 5.91 Å². The third-order valence-corrected chi connectivity index (χ3v) is 15.5. The van der Waals surface area contributed by atoms with Crippen LogP contribution in [0.4, 0.5) is 0 Å². The summed E-state index contributed by atoms with van der Waals surface area (Å²) in [5, 5.41) is 11.7. The molecule has 11 rings (SSSR count). The summed E-state index contributed by atoms with van der Waals surface area (Å²) in [5.41, 5.74) is 12.8. The molecule has 3 spiro atoms. The lowest BCUT2D eigenvalue weighted by Crippen LogP contribution is -2.33. The van der Waals surface area contributed by atoms with Gasteiger partial charge in [0.25, 0.3) is 5.91 Å². The Morgan fingerprint density at radius 2 is 1.03 bits per heavy atom. The molecule has 0 saturated carbocycles. The molecule has 4 amide bonds. The lowest BCUT2D eigenvalue weighted by atomic mass is 9.70. The van der Waals surface area contributed by atoms with Crippen LogP contribution in [0.25, 0.3) is 0 Å². The van der Waals surface area contributed by atoms with Crippen LogP contribution in [0.5, 0.6) is 0 Å². The molecule has 3 unspecified atom stereocenters. The standard InChI is InChI=1S/C21H22N2O3.C20H21N3O3.C15H17NO3/c1-26-20(25)17-4-5-18-10-21(7-6-16(18)9-17)11-19(24)23(14-21)13-15-3-2-8-22-12-15;24-18-10-20(13-23(18)12-14-2-1-7-21-11-14)6-5-15-8-16(19(25)22-26)3-4-17(15)9-20;1-19-14(18)11-2-3-12-7-15(5-4-10(12)6-11)8-13(17)16-9-15/h2-5,8-9,12H,6-7,10-11,13-14H2,1H3;1-4,7-8,11,26H,5-6,9-10,12-13H2,(H,22,25);2-3,6H,4-5,7-9H2,1H3,(H,16,17). The Bertz CT molecular complexity index is 2720. The molecular weight excluding hydrogens is 901 g/mol. The highest BCUT2D eigenvalue weighted by molar-refractivity contribution is 5.93. The average Bonchev–Trinajstić information content (AvgIpc) is 4.01. The first kappa shape index (κ1) is 48.8. The SMILES string of the molecule is COC(=O)c1ccc2c(c1)CCC1(CC(=O)N(Cc3cccnc3)C1)C2.COC(=O)c1ccc2c(c1)CCC1(CNC(=O)C1)C2.O=C(NO)c1ccc2c(c1)CCC1(CC(=O)N(Cc3cccnc3)C1)C2. The largest absolute Gasteiger partial charge is 0.465 e. The predicted molar refractivity (Wildman–Crippen MR) is 261 cm³/mol. The van der Waals surface area contributed by atoms with Crippen molar-refractivity contribution in [2.24, 2.45) is 16.2 Å². The molecule has 3 aliphatic heterocycles. The van der Waals surface area contributed by atoms with Gasteiger partial charge in [-0.15, -0.1) is 0 Å². The number of likely N-dealkylation sites (tertiary alicyclic amines) is 2. The Labute approximate surface area is 413 Å². The van der Waals surface area contributed by atoms with Crippen molar-refractivity contribution in [3.8, 4) is 0 Å². The fourth-order valence-electron chi connectivity index (χ4n) is 11.8. The Hall–Kier alpha value is -7.26. The number of nitrogens with one attached hydrogen (secondary N) is 2. The number of carbonyl (C=O) groups excluding carboxylic acids is 6. The van der Waals surface area contributed by atoms with E-state index in [1.165, 1.54) is 42.0 Å². The van der Waals surface area contributed by atoms with Crippen molar-refractivity contribution in [1.82, 2.24) is 30.6 Å². The van der Waals surface area contributed by atoms with E-state index in [-0.39, 0.29) is 45.9 Å². The number of carbonyl (C=O) groups is 6. The van der Waals surface area contributed by atoms with Crippen LogP contribution in [0.15, 0.2) is 104 Å². The quantitative estimate of drug-likeness (QED) is 0.0934. The number of hydrogen-bond donors (Lipinski definition) is 3. The number of methoxy groups -OCH3 is 2. The van der Waals surface area contributed by atoms with Crippen LogP contribution in [0.3, 0.4) is 0 Å². The molecule has 2 aromatic heterocycles. The van der Waals surface area contributed by atoms with Crippen molar-refractivity contribution >= 4 is 35.6 Å². The van der Waals surface area contributed by atoms with Crippen LogP contribution in [-0.4, -0.2) is 94.4 Å². The number of amides is 4. The second kappa shape index (κ2) is 20.6. The van der Waals surface area contributed by atoms with Gasteiger partial charge in [-0.2, -0.15) is 0 Å². The molecule has 3 saturated heterocycles. The fourth-order valence-corrected chi connectivity index (χ4v) is 11.8. The first-order valence-electron chi connectivity index (χ1n) is 24.4. The predicted octanol–water partition coefficient (Wildman–Crippen LogP) is 6.35. The number of fused-ring (bicyclic) bond motifs is 3. The molecule has 3 atom stereocenters. The zero-order valence-corrected chi connectivity index (χ0v) is 40.3. The molecule has 0 bridgehead atoms. The van der Waals surface area contributed by atoms with E-state index in [2.05, 4.69) is 15.3 Å². The first-order chi connectivity index (χ1) is 34.3. The number of rotatable bonds is 7. The minimum atomic E-state index is -0.494. The normalized spacial score (nSPS) is 22.6. The van der Waals surface area contributed by atoms with Crippen LogP contribution in [0, 0.1) is 16.2 Å². The summed E-state index contributed by atoms with van der Waals surface area (Å²) in [4.78, 5) is 83.6. The second-order valence-electron chi connectivity index (χ2n) is 20.4. The highest BCUT2D eigenvalue weighted by Gasteiger charge is 2.46. The van der Waals surface area contributed by atoms with Crippen molar-refractivity contribution in [3.05, 3.63) is 165 Å². The van der Waals surface area contributed by atoms with Gasteiger partial charge in [0.2, 0.25) is 17.7 Å². The van der Waals surface area contributed by atoms with E-state index >= 15 is 0 Å². The van der Waals surface area contributed by atoms with Gasteiger partial charge in [-0.25, -0.2) is 15.1 Å². The van der Waals surface area contributed by atoms with Crippen molar-refractivity contribution in [1.29, 1.82) is 0 Å². The summed E-state index contributed by atoms with van der Waals surface area (Å²) in [6, 6.07) is 24.9. The van der Waals surface area contributed by atoms with Gasteiger partial charge in [-0.05, 0) is 151 Å². The van der Waals surface area contributed by atoms with E-state index in [9.17, 15) is 28.8 Å². The van der Waals surface area contributed by atoms with Gasteiger partial charge < -0.3 is 24.6 Å². The van der Waals surface area contributed by atoms with E-state index in [1.807, 2.05) is 95.0 Å². The molecule has 15 nitrogen and oxygen atoms in total. The summed E-state index contributed by atoms with van der Waals surface area (Å²) < 4.78 is 9.55. The minimum Gasteiger partial charge on any atom is -0.465 e. The number of ether oxygens (including phenoxy) is 2. The van der Waals surface area contributed by atoms with Gasteiger partial charge in [0.05, 0.1) is 25.3 Å². The Balaban J connectivity index is 0.000000134. The zero-order valence-electron chi connectivity index (χ0n) is 40.3. The molecule has 3 fully saturated rings. The van der Waals surface area contributed by atoms with Crippen LogP contribution in [-0.2, 0) is 75.5 Å². The van der Waals surface area contributed by atoms with Crippen molar-refractivity contribution in [2.75, 3.05) is 33.9 Å². The van der Waals surface area contributed by atoms with Gasteiger partial charge in [-0.3, -0.25) is 34.4 Å². The third-order valence-electron chi connectivity index (χ3n) is 15.5. The Morgan fingerprint density at radius 3 is 1.44 bits per heavy atom. The highest BCUT2D eigenvalue weighted by atomic mass is 16.5. The maximum atomic E-state index is 12.6. The van der Waals surface area contributed by atoms with Crippen molar-refractivity contribution in [3.63, 3.8) is 0 Å². The zero-order chi connectivity index (χ0) is 49.8. The van der Waals surface area contributed by atoms with Crippen molar-refractivity contribution in [2.45, 2.75) is 90.1 Å². The number of esters is 2. The summed E-state index contributed by atoms with van der Waals surface area (Å²) in [6.45, 7) is 3.57. The maximum Gasteiger partial charge on any atom is 0.337 e. The lowest BCUT2D eigenvalue weighted by molar-refractivity contribution is -0.129. The highest BCUT2D eigenvalue weighted by Crippen LogP contribution is 2.46. The summed E-state index contributed by atoms with van der Waals surface area (Å²) >= 11 is 0. The molecule has 5 heterocycles. The third kappa shape index (κ3) is 10.9. The first-order valence-corrected chi connectivity index (χ1v) is 24.4. The Kier molecular flexibility index (Phi) is 14.1. The number of hydroxylamine groups is 1. The number of nitrogens with zero attached hydrogens (tertiary/aromatic N) is 4. The molecule has 5 aromatic rings. The van der Waals surface area contributed by atoms with Gasteiger partial charge in [0, 0.05) is 98.6 Å². The molecule has 0 radical (unpaired) electrons. The fraction of sp³-hybridized carbons (Fsp3) is 0.393. The van der Waals surface area contributed by atoms with E-state index in [0.717, 1.165) is 94.1 Å². The Morgan fingerprint density at radius 1 is 0.592 bits per heavy atom. The molecule has 6 aliphatic rings. The summed E-state index contributed by atoms with van der Waals surface area (Å²) in [7, 11) is 2.80. The van der Waals surface area contributed by atoms with E-state index in [4.69, 9.17) is 14.7 Å². The van der Waals surface area contributed by atoms with Crippen molar-refractivity contribution < 1.29 is 43.4 Å². The number of hydrogen-bond acceptors (Lipinski definition) is 11. The minimum absolute atomic E-state index is 0.0130. The smallest absolute Gasteiger partial charge is 0.337 e. The number of benzene rings is 3. The topological polar surface area (TPSA) is 197 Å². The second-order valence-corrected chi connectivity index (χ2v) is 20.4. The maximum absolute atomic E-state index is 12.6. The number of aromatic nitrogens is 2. The van der Waals surface area contributed by atoms with Gasteiger partial charge in [0.1, 0.15) is 0 Å². The summed E-state index contributed by atoms with van der Waals surface area (Å²) in [6.07, 6.45) is 17.1. The molecule has 368 valence electrons. The van der Waals surface area contributed by atoms with Crippen LogP contribution in [0.1, 0.15) is 114 Å². The number of aryl methyl sites for hydroxylation is 3.